The Labute approximate surface area is 135 Å². The van der Waals surface area contributed by atoms with E-state index in [2.05, 4.69) is 4.90 Å². The molecule has 6 heteroatoms. The maximum atomic E-state index is 12.5. The first kappa shape index (κ1) is 16.6. The molecule has 0 aliphatic carbocycles. The van der Waals surface area contributed by atoms with Crippen molar-refractivity contribution in [3.63, 3.8) is 0 Å². The van der Waals surface area contributed by atoms with Gasteiger partial charge in [0.1, 0.15) is 0 Å². The van der Waals surface area contributed by atoms with Crippen LogP contribution in [0.4, 0.5) is 0 Å². The average Bonchev–Trinajstić information content (AvgIpc) is 2.40. The van der Waals surface area contributed by atoms with Crippen molar-refractivity contribution in [1.29, 1.82) is 0 Å². The van der Waals surface area contributed by atoms with E-state index in [9.17, 15) is 4.79 Å². The standard InChI is InChI=1S/C15H21Cl2N3O/c1-15(2,18)10-19-6-8-20(9-7-19)14(21)11-4-3-5-12(16)13(11)17/h3-5H,6-10,18H2,1-2H3. The highest BCUT2D eigenvalue weighted by Gasteiger charge is 2.26. The van der Waals surface area contributed by atoms with Crippen LogP contribution in [0, 0.1) is 0 Å². The van der Waals surface area contributed by atoms with E-state index in [1.54, 1.807) is 18.2 Å². The lowest BCUT2D eigenvalue weighted by molar-refractivity contribution is 0.0616. The number of hydrogen-bond donors (Lipinski definition) is 1. The molecule has 0 radical (unpaired) electrons. The van der Waals surface area contributed by atoms with Crippen LogP contribution >= 0.6 is 23.2 Å². The summed E-state index contributed by atoms with van der Waals surface area (Å²) < 4.78 is 0. The molecule has 1 fully saturated rings. The van der Waals surface area contributed by atoms with Crippen LogP contribution in [0.25, 0.3) is 0 Å². The van der Waals surface area contributed by atoms with Crippen LogP contribution in [0.1, 0.15) is 24.2 Å². The Morgan fingerprint density at radius 2 is 1.86 bits per heavy atom. The zero-order valence-corrected chi connectivity index (χ0v) is 13.9. The first-order valence-electron chi connectivity index (χ1n) is 7.02. The predicted molar refractivity (Wildman–Crippen MR) is 87.1 cm³/mol. The summed E-state index contributed by atoms with van der Waals surface area (Å²) in [5.74, 6) is -0.0610. The molecule has 0 aromatic heterocycles. The topological polar surface area (TPSA) is 49.6 Å². The summed E-state index contributed by atoms with van der Waals surface area (Å²) in [4.78, 5) is 16.6. The number of benzene rings is 1. The Balaban J connectivity index is 1.99. The van der Waals surface area contributed by atoms with E-state index in [-0.39, 0.29) is 11.4 Å². The quantitative estimate of drug-likeness (QED) is 0.926. The Hall–Kier alpha value is -0.810. The lowest BCUT2D eigenvalue weighted by Gasteiger charge is -2.37. The molecule has 1 aliphatic rings. The molecule has 21 heavy (non-hydrogen) atoms. The Morgan fingerprint density at radius 1 is 1.24 bits per heavy atom. The SMILES string of the molecule is CC(C)(N)CN1CCN(C(=O)c2cccc(Cl)c2Cl)CC1. The highest BCUT2D eigenvalue weighted by Crippen LogP contribution is 2.26. The van der Waals surface area contributed by atoms with Crippen molar-refractivity contribution in [2.45, 2.75) is 19.4 Å². The Bertz CT molecular complexity index is 520. The minimum Gasteiger partial charge on any atom is -0.336 e. The van der Waals surface area contributed by atoms with E-state index >= 15 is 0 Å². The van der Waals surface area contributed by atoms with Gasteiger partial charge in [0.2, 0.25) is 0 Å². The molecule has 0 saturated carbocycles. The van der Waals surface area contributed by atoms with Gasteiger partial charge in [-0.05, 0) is 26.0 Å². The molecule has 1 aromatic carbocycles. The number of carbonyl (C=O) groups is 1. The summed E-state index contributed by atoms with van der Waals surface area (Å²) in [6, 6.07) is 5.14. The van der Waals surface area contributed by atoms with E-state index in [4.69, 9.17) is 28.9 Å². The molecular weight excluding hydrogens is 309 g/mol. The zero-order chi connectivity index (χ0) is 15.6. The van der Waals surface area contributed by atoms with Gasteiger partial charge in [-0.3, -0.25) is 9.69 Å². The van der Waals surface area contributed by atoms with Gasteiger partial charge in [-0.25, -0.2) is 0 Å². The molecule has 1 heterocycles. The zero-order valence-electron chi connectivity index (χ0n) is 12.4. The van der Waals surface area contributed by atoms with Crippen molar-refractivity contribution in [1.82, 2.24) is 9.80 Å². The van der Waals surface area contributed by atoms with Gasteiger partial charge >= 0.3 is 0 Å². The number of amides is 1. The second kappa shape index (κ2) is 6.53. The minimum atomic E-state index is -0.220. The lowest BCUT2D eigenvalue weighted by atomic mass is 10.1. The molecule has 1 aliphatic heterocycles. The molecule has 1 amide bonds. The number of carbonyl (C=O) groups excluding carboxylic acids is 1. The third-order valence-electron chi connectivity index (χ3n) is 3.47. The normalized spacial score (nSPS) is 17.1. The smallest absolute Gasteiger partial charge is 0.255 e. The molecule has 0 atom stereocenters. The van der Waals surface area contributed by atoms with Crippen molar-refractivity contribution < 1.29 is 4.79 Å². The summed E-state index contributed by atoms with van der Waals surface area (Å²) in [5, 5.41) is 0.737. The molecule has 0 unspecified atom stereocenters. The van der Waals surface area contributed by atoms with E-state index in [0.29, 0.717) is 28.7 Å². The minimum absolute atomic E-state index is 0.0610. The molecule has 1 saturated heterocycles. The number of rotatable bonds is 3. The maximum Gasteiger partial charge on any atom is 0.255 e. The second-order valence-corrected chi connectivity index (χ2v) is 6.94. The van der Waals surface area contributed by atoms with Gasteiger partial charge in [0, 0.05) is 38.3 Å². The summed E-state index contributed by atoms with van der Waals surface area (Å²) in [5.41, 5.74) is 6.28. The summed E-state index contributed by atoms with van der Waals surface area (Å²) in [7, 11) is 0. The van der Waals surface area contributed by atoms with Crippen LogP contribution < -0.4 is 5.73 Å². The highest BCUT2D eigenvalue weighted by atomic mass is 35.5. The van der Waals surface area contributed by atoms with Crippen molar-refractivity contribution in [2.24, 2.45) is 5.73 Å². The van der Waals surface area contributed by atoms with Crippen LogP contribution in [0.2, 0.25) is 10.0 Å². The summed E-state index contributed by atoms with van der Waals surface area (Å²) in [6.45, 7) is 7.85. The van der Waals surface area contributed by atoms with Gasteiger partial charge in [0.05, 0.1) is 15.6 Å². The van der Waals surface area contributed by atoms with Crippen molar-refractivity contribution >= 4 is 29.1 Å². The third kappa shape index (κ3) is 4.33. The van der Waals surface area contributed by atoms with Crippen LogP contribution in [-0.4, -0.2) is 54.0 Å². The molecule has 2 N–H and O–H groups in total. The number of nitrogens with two attached hydrogens (primary N) is 1. The molecule has 1 aromatic rings. The van der Waals surface area contributed by atoms with Crippen LogP contribution in [0.5, 0.6) is 0 Å². The van der Waals surface area contributed by atoms with Crippen molar-refractivity contribution in [2.75, 3.05) is 32.7 Å². The maximum absolute atomic E-state index is 12.5. The van der Waals surface area contributed by atoms with Gasteiger partial charge in [0.15, 0.2) is 0 Å². The highest BCUT2D eigenvalue weighted by molar-refractivity contribution is 6.43. The second-order valence-electron chi connectivity index (χ2n) is 6.16. The van der Waals surface area contributed by atoms with Crippen molar-refractivity contribution in [3.05, 3.63) is 33.8 Å². The molecule has 0 spiro atoms. The monoisotopic (exact) mass is 329 g/mol. The van der Waals surface area contributed by atoms with Crippen LogP contribution in [0.3, 0.4) is 0 Å². The fourth-order valence-electron chi connectivity index (χ4n) is 2.52. The number of halogens is 2. The largest absolute Gasteiger partial charge is 0.336 e. The van der Waals surface area contributed by atoms with E-state index in [0.717, 1.165) is 19.6 Å². The molecule has 2 rings (SSSR count). The number of hydrogen-bond acceptors (Lipinski definition) is 3. The van der Waals surface area contributed by atoms with Gasteiger partial charge in [-0.1, -0.05) is 29.3 Å². The molecule has 116 valence electrons. The lowest BCUT2D eigenvalue weighted by Crippen LogP contribution is -2.54. The van der Waals surface area contributed by atoms with Gasteiger partial charge in [0.25, 0.3) is 5.91 Å². The average molecular weight is 330 g/mol. The number of piperazine rings is 1. The summed E-state index contributed by atoms with van der Waals surface area (Å²) >= 11 is 12.1. The first-order valence-corrected chi connectivity index (χ1v) is 7.78. The fraction of sp³-hybridized carbons (Fsp3) is 0.533. The van der Waals surface area contributed by atoms with E-state index in [1.165, 1.54) is 0 Å². The van der Waals surface area contributed by atoms with Gasteiger partial charge in [-0.15, -0.1) is 0 Å². The van der Waals surface area contributed by atoms with Gasteiger partial charge in [-0.2, -0.15) is 0 Å². The molecule has 0 bridgehead atoms. The van der Waals surface area contributed by atoms with E-state index < -0.39 is 0 Å². The third-order valence-corrected chi connectivity index (χ3v) is 4.29. The summed E-state index contributed by atoms with van der Waals surface area (Å²) in [6.07, 6.45) is 0. The fourth-order valence-corrected chi connectivity index (χ4v) is 2.91. The molecular formula is C15H21Cl2N3O. The predicted octanol–water partition coefficient (Wildman–Crippen LogP) is 2.49. The Morgan fingerprint density at radius 3 is 2.43 bits per heavy atom. The van der Waals surface area contributed by atoms with Crippen LogP contribution in [0.15, 0.2) is 18.2 Å². The first-order chi connectivity index (χ1) is 9.78. The number of nitrogens with zero attached hydrogens (tertiary/aromatic N) is 2. The van der Waals surface area contributed by atoms with Gasteiger partial charge < -0.3 is 10.6 Å². The Kier molecular flexibility index (Phi) is 5.15. The van der Waals surface area contributed by atoms with Crippen molar-refractivity contribution in [3.8, 4) is 0 Å². The van der Waals surface area contributed by atoms with Crippen LogP contribution in [-0.2, 0) is 0 Å². The molecule has 4 nitrogen and oxygen atoms in total. The van der Waals surface area contributed by atoms with E-state index in [1.807, 2.05) is 18.7 Å².